The maximum Gasteiger partial charge on any atom is 0.304 e. The molecule has 49 heavy (non-hydrogen) atoms. The average molecular weight is 715 g/mol. The van der Waals surface area contributed by atoms with Crippen LogP contribution < -0.4 is 19.9 Å². The lowest BCUT2D eigenvalue weighted by atomic mass is 10.0. The lowest BCUT2D eigenvalue weighted by Crippen LogP contribution is -2.59. The van der Waals surface area contributed by atoms with E-state index in [-0.39, 0.29) is 30.2 Å². The summed E-state index contributed by atoms with van der Waals surface area (Å²) in [5.41, 5.74) is 0.496. The molecular weight excluding hydrogens is 665 g/mol. The summed E-state index contributed by atoms with van der Waals surface area (Å²) >= 11 is 0. The number of aliphatic hydroxyl groups excluding tert-OH is 1. The molecule has 1 aliphatic rings. The second kappa shape index (κ2) is 15.8. The molecule has 15 heteroatoms. The van der Waals surface area contributed by atoms with Gasteiger partial charge < -0.3 is 33.7 Å². The van der Waals surface area contributed by atoms with Gasteiger partial charge in [-0.2, -0.15) is 0 Å². The molecular formula is C34H50N4O9Si2. The molecule has 2 atom stereocenters. The Bertz CT molecular complexity index is 1700. The molecule has 2 heterocycles. The Balaban J connectivity index is 1.91. The number of carbonyl (C=O) groups excluding carboxylic acids is 2. The van der Waals surface area contributed by atoms with E-state index < -0.39 is 52.6 Å². The number of nitrogens with zero attached hydrogens (tertiary/aromatic N) is 4. The van der Waals surface area contributed by atoms with Crippen LogP contribution in [-0.2, 0) is 25.7 Å². The van der Waals surface area contributed by atoms with Crippen molar-refractivity contribution in [1.29, 1.82) is 0 Å². The second-order valence-corrected chi connectivity index (χ2v) is 25.7. The number of hydrogen-bond acceptors (Lipinski definition) is 11. The summed E-state index contributed by atoms with van der Waals surface area (Å²) in [7, 11) is 0.116. The quantitative estimate of drug-likeness (QED) is 0.123. The lowest BCUT2D eigenvalue weighted by molar-refractivity contribution is -0.148. The summed E-state index contributed by atoms with van der Waals surface area (Å²) in [6, 6.07) is 11.6. The zero-order valence-electron chi connectivity index (χ0n) is 30.1. The van der Waals surface area contributed by atoms with Crippen LogP contribution in [0.2, 0.25) is 51.4 Å². The van der Waals surface area contributed by atoms with E-state index >= 15 is 0 Å². The van der Waals surface area contributed by atoms with Gasteiger partial charge in [-0.15, -0.1) is 0 Å². The Morgan fingerprint density at radius 1 is 0.898 bits per heavy atom. The Morgan fingerprint density at radius 3 is 2.06 bits per heavy atom. The molecule has 3 aromatic rings. The van der Waals surface area contributed by atoms with E-state index in [0.717, 1.165) is 12.1 Å². The van der Waals surface area contributed by atoms with Gasteiger partial charge in [0, 0.05) is 36.3 Å². The highest BCUT2D eigenvalue weighted by molar-refractivity contribution is 6.76. The van der Waals surface area contributed by atoms with E-state index in [1.54, 1.807) is 41.3 Å². The smallest absolute Gasteiger partial charge is 0.304 e. The molecule has 1 aliphatic heterocycles. The van der Waals surface area contributed by atoms with Crippen LogP contribution in [0, 0.1) is 0 Å². The standard InChI is InChI=1S/C34H50N4O9Si2/c1-23(40)47-34(31-35-28-12-10-24(43-2)18-26(28)32(41)37(31)22-46-15-17-49(7,8)9)38-29-13-11-25(44-3)19-27(29)33(42)36(30(38)20-39)21-45-14-16-48(4,5)6/h10-13,18-19,30,34,39H,14-17,20-22H2,1-9H3. The number of methoxy groups -OCH3 is 2. The van der Waals surface area contributed by atoms with E-state index in [1.165, 1.54) is 30.6 Å². The molecule has 0 radical (unpaired) electrons. The average Bonchev–Trinajstić information content (AvgIpc) is 3.04. The van der Waals surface area contributed by atoms with Crippen molar-refractivity contribution in [2.45, 2.75) is 77.4 Å². The van der Waals surface area contributed by atoms with Gasteiger partial charge in [-0.1, -0.05) is 39.3 Å². The summed E-state index contributed by atoms with van der Waals surface area (Å²) < 4.78 is 30.3. The van der Waals surface area contributed by atoms with Crippen molar-refractivity contribution >= 4 is 44.6 Å². The van der Waals surface area contributed by atoms with E-state index in [2.05, 4.69) is 39.3 Å². The molecule has 2 unspecified atom stereocenters. The minimum absolute atomic E-state index is 0.0556. The molecule has 1 N–H and O–H groups in total. The molecule has 268 valence electrons. The highest BCUT2D eigenvalue weighted by Crippen LogP contribution is 2.40. The molecule has 1 aromatic heterocycles. The first-order valence-electron chi connectivity index (χ1n) is 16.4. The van der Waals surface area contributed by atoms with Crippen LogP contribution in [0.5, 0.6) is 11.5 Å². The number of rotatable bonds is 16. The number of carbonyl (C=O) groups is 2. The summed E-state index contributed by atoms with van der Waals surface area (Å²) in [6.45, 7) is 14.6. The van der Waals surface area contributed by atoms with Gasteiger partial charge in [0.15, 0.2) is 5.82 Å². The summed E-state index contributed by atoms with van der Waals surface area (Å²) in [6.07, 6.45) is -2.44. The van der Waals surface area contributed by atoms with Crippen LogP contribution in [0.4, 0.5) is 5.69 Å². The Labute approximate surface area is 289 Å². The first-order chi connectivity index (χ1) is 23.1. The molecule has 0 bridgehead atoms. The highest BCUT2D eigenvalue weighted by Gasteiger charge is 2.44. The predicted octanol–water partition coefficient (Wildman–Crippen LogP) is 4.88. The van der Waals surface area contributed by atoms with Gasteiger partial charge in [0.25, 0.3) is 11.5 Å². The summed E-state index contributed by atoms with van der Waals surface area (Å²) in [5.74, 6) is -0.0978. The SMILES string of the molecule is COc1ccc2c(c1)C(=O)N(COCC[Si](C)(C)C)C(CO)N2C(OC(C)=O)c1nc2ccc(OC)cc2c(=O)n1COCC[Si](C)(C)C. The van der Waals surface area contributed by atoms with Gasteiger partial charge in [-0.25, -0.2) is 4.98 Å². The van der Waals surface area contributed by atoms with Crippen LogP contribution in [-0.4, -0.2) is 94.5 Å². The number of benzene rings is 2. The van der Waals surface area contributed by atoms with Gasteiger partial charge in [-0.05, 0) is 48.5 Å². The van der Waals surface area contributed by atoms with E-state index in [0.29, 0.717) is 35.9 Å². The molecule has 0 saturated carbocycles. The number of hydrogen-bond donors (Lipinski definition) is 1. The van der Waals surface area contributed by atoms with Crippen LogP contribution >= 0.6 is 0 Å². The third-order valence-corrected chi connectivity index (χ3v) is 11.6. The molecule has 2 aromatic carbocycles. The van der Waals surface area contributed by atoms with Crippen molar-refractivity contribution in [3.63, 3.8) is 0 Å². The lowest BCUT2D eigenvalue weighted by Gasteiger charge is -2.47. The monoisotopic (exact) mass is 714 g/mol. The van der Waals surface area contributed by atoms with Crippen molar-refractivity contribution < 1.29 is 38.4 Å². The fourth-order valence-electron chi connectivity index (χ4n) is 5.38. The predicted molar refractivity (Wildman–Crippen MR) is 193 cm³/mol. The minimum atomic E-state index is -1.46. The molecule has 0 aliphatic carbocycles. The third kappa shape index (κ3) is 9.27. The van der Waals surface area contributed by atoms with Crippen LogP contribution in [0.1, 0.15) is 29.3 Å². The fraction of sp³-hybridized carbons (Fsp3) is 0.529. The first kappa shape index (κ1) is 38.0. The van der Waals surface area contributed by atoms with Crippen molar-refractivity contribution in [2.75, 3.05) is 45.7 Å². The number of aliphatic hydroxyl groups is 1. The van der Waals surface area contributed by atoms with Crippen LogP contribution in [0.3, 0.4) is 0 Å². The number of fused-ring (bicyclic) bond motifs is 2. The summed E-state index contributed by atoms with van der Waals surface area (Å²) in [5, 5.41) is 11.2. The Morgan fingerprint density at radius 2 is 1.49 bits per heavy atom. The fourth-order valence-corrected chi connectivity index (χ4v) is 6.89. The number of ether oxygens (including phenoxy) is 5. The van der Waals surface area contributed by atoms with Gasteiger partial charge in [0.2, 0.25) is 6.23 Å². The largest absolute Gasteiger partial charge is 0.497 e. The third-order valence-electron chi connectivity index (χ3n) is 8.20. The van der Waals surface area contributed by atoms with Crippen LogP contribution in [0.25, 0.3) is 10.9 Å². The van der Waals surface area contributed by atoms with Gasteiger partial charge in [0.1, 0.15) is 31.1 Å². The molecule has 4 rings (SSSR count). The molecule has 13 nitrogen and oxygen atoms in total. The van der Waals surface area contributed by atoms with E-state index in [4.69, 9.17) is 28.7 Å². The van der Waals surface area contributed by atoms with Crippen molar-refractivity contribution in [3.05, 3.63) is 58.1 Å². The summed E-state index contributed by atoms with van der Waals surface area (Å²) in [4.78, 5) is 49.0. The number of amides is 1. The van der Waals surface area contributed by atoms with Crippen molar-refractivity contribution in [1.82, 2.24) is 14.5 Å². The molecule has 1 amide bonds. The maximum atomic E-state index is 14.2. The highest BCUT2D eigenvalue weighted by atomic mass is 28.3. The van der Waals surface area contributed by atoms with E-state index in [1.807, 2.05) is 0 Å². The van der Waals surface area contributed by atoms with Crippen LogP contribution in [0.15, 0.2) is 41.2 Å². The zero-order chi connectivity index (χ0) is 36.1. The number of anilines is 1. The Hall–Kier alpha value is -3.77. The Kier molecular flexibility index (Phi) is 12.3. The number of aromatic nitrogens is 2. The normalized spacial score (nSPS) is 15.7. The molecule has 0 spiro atoms. The second-order valence-electron chi connectivity index (χ2n) is 14.5. The zero-order valence-corrected chi connectivity index (χ0v) is 32.1. The van der Waals surface area contributed by atoms with Gasteiger partial charge in [-0.3, -0.25) is 23.9 Å². The van der Waals surface area contributed by atoms with Crippen molar-refractivity contribution in [3.8, 4) is 11.5 Å². The minimum Gasteiger partial charge on any atom is -0.497 e. The van der Waals surface area contributed by atoms with Crippen molar-refractivity contribution in [2.24, 2.45) is 0 Å². The topological polar surface area (TPSA) is 142 Å². The first-order valence-corrected chi connectivity index (χ1v) is 23.8. The maximum absolute atomic E-state index is 14.2. The molecule has 0 fully saturated rings. The molecule has 0 saturated heterocycles. The van der Waals surface area contributed by atoms with E-state index in [9.17, 15) is 19.5 Å². The van der Waals surface area contributed by atoms with Gasteiger partial charge in [0.05, 0.1) is 43.0 Å². The van der Waals surface area contributed by atoms with Gasteiger partial charge >= 0.3 is 5.97 Å². The number of esters is 1.